The molecule has 2 aromatic rings. The van der Waals surface area contributed by atoms with Gasteiger partial charge in [0.15, 0.2) is 22.4 Å². The first-order chi connectivity index (χ1) is 9.62. The van der Waals surface area contributed by atoms with E-state index in [4.69, 9.17) is 26.2 Å². The largest absolute Gasteiger partial charge is 0.493 e. The maximum absolute atomic E-state index is 5.22. The van der Waals surface area contributed by atoms with Crippen molar-refractivity contribution in [2.24, 2.45) is 0 Å². The molecule has 7 heteroatoms. The Morgan fingerprint density at radius 1 is 1.15 bits per heavy atom. The Bertz CT molecular complexity index is 613. The topological polar surface area (TPSA) is 68.5 Å². The maximum atomic E-state index is 5.22. The number of nitrogens with one attached hydrogen (secondary N) is 2. The Labute approximate surface area is 122 Å². The van der Waals surface area contributed by atoms with Crippen molar-refractivity contribution < 1.29 is 14.0 Å². The molecule has 0 aliphatic rings. The highest BCUT2D eigenvalue weighted by atomic mass is 32.1. The van der Waals surface area contributed by atoms with Gasteiger partial charge in [-0.1, -0.05) is 5.16 Å². The Morgan fingerprint density at radius 3 is 2.50 bits per heavy atom. The molecule has 1 aromatic carbocycles. The molecule has 0 spiro atoms. The predicted molar refractivity (Wildman–Crippen MR) is 80.6 cm³/mol. The molecule has 0 bridgehead atoms. The molecule has 0 atom stereocenters. The number of anilines is 2. The third-order valence-electron chi connectivity index (χ3n) is 2.51. The number of methoxy groups -OCH3 is 2. The van der Waals surface area contributed by atoms with Gasteiger partial charge in [-0.2, -0.15) is 0 Å². The summed E-state index contributed by atoms with van der Waals surface area (Å²) in [6.45, 7) is 1.81. The van der Waals surface area contributed by atoms with Gasteiger partial charge in [-0.15, -0.1) is 0 Å². The molecule has 6 nitrogen and oxygen atoms in total. The van der Waals surface area contributed by atoms with Gasteiger partial charge in [-0.25, -0.2) is 0 Å². The van der Waals surface area contributed by atoms with Crippen LogP contribution in [0.25, 0.3) is 0 Å². The second kappa shape index (κ2) is 6.25. The number of ether oxygens (including phenoxy) is 2. The van der Waals surface area contributed by atoms with Crippen molar-refractivity contribution >= 4 is 28.8 Å². The van der Waals surface area contributed by atoms with Crippen LogP contribution in [0.4, 0.5) is 11.5 Å². The van der Waals surface area contributed by atoms with E-state index in [1.54, 1.807) is 32.4 Å². The van der Waals surface area contributed by atoms with Gasteiger partial charge in [0, 0.05) is 17.8 Å². The lowest BCUT2D eigenvalue weighted by Crippen LogP contribution is -2.19. The molecule has 1 aromatic heterocycles. The van der Waals surface area contributed by atoms with Crippen LogP contribution < -0.4 is 20.1 Å². The fourth-order valence-corrected chi connectivity index (χ4v) is 1.84. The molecule has 0 fully saturated rings. The molecule has 0 aliphatic heterocycles. The summed E-state index contributed by atoms with van der Waals surface area (Å²) >= 11 is 5.19. The Balaban J connectivity index is 2.04. The summed E-state index contributed by atoms with van der Waals surface area (Å²) in [5.74, 6) is 2.54. The maximum Gasteiger partial charge on any atom is 0.176 e. The summed E-state index contributed by atoms with van der Waals surface area (Å²) in [6, 6.07) is 7.18. The number of benzene rings is 1. The SMILES string of the molecule is COc1ccc(NC(=S)Nc2cc(C)on2)cc1OC. The molecular weight excluding hydrogens is 278 g/mol. The molecule has 2 N–H and O–H groups in total. The molecule has 106 valence electrons. The van der Waals surface area contributed by atoms with Crippen molar-refractivity contribution in [3.05, 3.63) is 30.0 Å². The molecule has 0 amide bonds. The van der Waals surface area contributed by atoms with Crippen LogP contribution in [0.15, 0.2) is 28.8 Å². The summed E-state index contributed by atoms with van der Waals surface area (Å²) < 4.78 is 15.3. The average Bonchev–Trinajstić information content (AvgIpc) is 2.83. The van der Waals surface area contributed by atoms with E-state index in [9.17, 15) is 0 Å². The second-order valence-corrected chi connectivity index (χ2v) is 4.38. The van der Waals surface area contributed by atoms with E-state index in [2.05, 4.69) is 15.8 Å². The quantitative estimate of drug-likeness (QED) is 0.840. The van der Waals surface area contributed by atoms with Crippen molar-refractivity contribution in [3.8, 4) is 11.5 Å². The smallest absolute Gasteiger partial charge is 0.176 e. The summed E-state index contributed by atoms with van der Waals surface area (Å²) in [7, 11) is 3.17. The molecule has 0 radical (unpaired) electrons. The van der Waals surface area contributed by atoms with E-state index in [-0.39, 0.29) is 0 Å². The minimum Gasteiger partial charge on any atom is -0.493 e. The summed E-state index contributed by atoms with van der Waals surface area (Å²) in [5, 5.41) is 10.2. The highest BCUT2D eigenvalue weighted by molar-refractivity contribution is 7.80. The van der Waals surface area contributed by atoms with Gasteiger partial charge in [0.05, 0.1) is 14.2 Å². The van der Waals surface area contributed by atoms with Gasteiger partial charge in [-0.3, -0.25) is 0 Å². The third kappa shape index (κ3) is 3.39. The van der Waals surface area contributed by atoms with Gasteiger partial charge in [0.1, 0.15) is 5.76 Å². The number of hydrogen-bond acceptors (Lipinski definition) is 5. The van der Waals surface area contributed by atoms with Gasteiger partial charge in [0.2, 0.25) is 0 Å². The molecule has 0 aliphatic carbocycles. The Morgan fingerprint density at radius 2 is 1.90 bits per heavy atom. The van der Waals surface area contributed by atoms with Crippen LogP contribution >= 0.6 is 12.2 Å². The first kappa shape index (κ1) is 14.1. The van der Waals surface area contributed by atoms with Gasteiger partial charge >= 0.3 is 0 Å². The summed E-state index contributed by atoms with van der Waals surface area (Å²) in [5.41, 5.74) is 0.778. The zero-order valence-corrected chi connectivity index (χ0v) is 12.2. The number of hydrogen-bond donors (Lipinski definition) is 2. The van der Waals surface area contributed by atoms with Crippen LogP contribution in [0.2, 0.25) is 0 Å². The number of thiocarbonyl (C=S) groups is 1. The zero-order valence-electron chi connectivity index (χ0n) is 11.4. The average molecular weight is 293 g/mol. The van der Waals surface area contributed by atoms with Crippen molar-refractivity contribution in [2.75, 3.05) is 24.9 Å². The van der Waals surface area contributed by atoms with Gasteiger partial charge in [0.25, 0.3) is 0 Å². The monoisotopic (exact) mass is 293 g/mol. The standard InChI is InChI=1S/C13H15N3O3S/c1-8-6-12(16-19-8)15-13(20)14-9-4-5-10(17-2)11(7-9)18-3/h4-7H,1-3H3,(H2,14,15,16,20). The number of aryl methyl sites for hydroxylation is 1. The zero-order chi connectivity index (χ0) is 14.5. The normalized spacial score (nSPS) is 9.95. The van der Waals surface area contributed by atoms with Crippen LogP contribution in [0.1, 0.15) is 5.76 Å². The highest BCUT2D eigenvalue weighted by Gasteiger charge is 2.07. The van der Waals surface area contributed by atoms with Crippen LogP contribution in [0, 0.1) is 6.92 Å². The van der Waals surface area contributed by atoms with Gasteiger partial charge in [-0.05, 0) is 31.3 Å². The predicted octanol–water partition coefficient (Wildman–Crippen LogP) is 2.81. The molecule has 20 heavy (non-hydrogen) atoms. The Kier molecular flexibility index (Phi) is 4.41. The van der Waals surface area contributed by atoms with Crippen molar-refractivity contribution in [2.45, 2.75) is 6.92 Å². The Hall–Kier alpha value is -2.28. The fraction of sp³-hybridized carbons (Fsp3) is 0.231. The first-order valence-corrected chi connectivity index (χ1v) is 6.26. The lowest BCUT2D eigenvalue weighted by Gasteiger charge is -2.11. The van der Waals surface area contributed by atoms with Gasteiger partial charge < -0.3 is 24.6 Å². The van der Waals surface area contributed by atoms with Crippen molar-refractivity contribution in [3.63, 3.8) is 0 Å². The number of rotatable bonds is 4. The first-order valence-electron chi connectivity index (χ1n) is 5.85. The molecule has 0 saturated heterocycles. The molecule has 2 rings (SSSR count). The minimum atomic E-state index is 0.408. The molecule has 0 unspecified atom stereocenters. The van der Waals surface area contributed by atoms with Crippen LogP contribution in [0.5, 0.6) is 11.5 Å². The minimum absolute atomic E-state index is 0.408. The second-order valence-electron chi connectivity index (χ2n) is 3.97. The van der Waals surface area contributed by atoms with E-state index in [0.717, 1.165) is 5.69 Å². The lowest BCUT2D eigenvalue weighted by molar-refractivity contribution is 0.355. The van der Waals surface area contributed by atoms with E-state index in [0.29, 0.717) is 28.2 Å². The third-order valence-corrected chi connectivity index (χ3v) is 2.72. The van der Waals surface area contributed by atoms with E-state index >= 15 is 0 Å². The van der Waals surface area contributed by atoms with E-state index in [1.807, 2.05) is 13.0 Å². The summed E-state index contributed by atoms with van der Waals surface area (Å²) in [6.07, 6.45) is 0. The number of nitrogens with zero attached hydrogens (tertiary/aromatic N) is 1. The fourth-order valence-electron chi connectivity index (χ4n) is 1.62. The number of aromatic nitrogens is 1. The van der Waals surface area contributed by atoms with Crippen molar-refractivity contribution in [1.29, 1.82) is 0 Å². The van der Waals surface area contributed by atoms with Crippen LogP contribution in [-0.2, 0) is 0 Å². The molecule has 0 saturated carbocycles. The van der Waals surface area contributed by atoms with E-state index < -0.39 is 0 Å². The van der Waals surface area contributed by atoms with Crippen molar-refractivity contribution in [1.82, 2.24) is 5.16 Å². The molecular formula is C13H15N3O3S. The highest BCUT2D eigenvalue weighted by Crippen LogP contribution is 2.29. The summed E-state index contributed by atoms with van der Waals surface area (Å²) in [4.78, 5) is 0. The van der Waals surface area contributed by atoms with Crippen LogP contribution in [0.3, 0.4) is 0 Å². The lowest BCUT2D eigenvalue weighted by atomic mass is 10.3. The van der Waals surface area contributed by atoms with Crippen LogP contribution in [-0.4, -0.2) is 24.5 Å². The molecule has 1 heterocycles. The van der Waals surface area contributed by atoms with E-state index in [1.165, 1.54) is 0 Å².